The molecule has 1 heterocycles. The van der Waals surface area contributed by atoms with Crippen LogP contribution in [0.15, 0.2) is 36.7 Å². The molecule has 1 aromatic carbocycles. The fourth-order valence-electron chi connectivity index (χ4n) is 1.35. The molecule has 4 nitrogen and oxygen atoms in total. The number of aromatic nitrogens is 2. The summed E-state index contributed by atoms with van der Waals surface area (Å²) < 4.78 is 7.31. The molecule has 0 saturated carbocycles. The van der Waals surface area contributed by atoms with E-state index in [4.69, 9.17) is 22.1 Å². The number of anilines is 1. The number of halogens is 1. The predicted molar refractivity (Wildman–Crippen MR) is 63.6 cm³/mol. The minimum Gasteiger partial charge on any atom is -0.488 e. The average Bonchev–Trinajstić information content (AvgIpc) is 2.75. The van der Waals surface area contributed by atoms with Crippen LogP contribution < -0.4 is 10.5 Å². The molecule has 0 aliphatic carbocycles. The molecule has 0 saturated heterocycles. The standard InChI is InChI=1S/C11H12ClN3O/c12-9-3-1-4-10(13)11(9)16-8-7-15-6-2-5-14-15/h1-6H,7-8,13H2. The van der Waals surface area contributed by atoms with Crippen LogP contribution in [0.3, 0.4) is 0 Å². The third-order valence-electron chi connectivity index (χ3n) is 2.12. The zero-order valence-electron chi connectivity index (χ0n) is 8.64. The highest BCUT2D eigenvalue weighted by Crippen LogP contribution is 2.30. The molecule has 0 atom stereocenters. The normalized spacial score (nSPS) is 10.3. The number of nitrogens with zero attached hydrogens (tertiary/aromatic N) is 2. The van der Waals surface area contributed by atoms with E-state index in [9.17, 15) is 0 Å². The lowest BCUT2D eigenvalue weighted by atomic mass is 10.3. The van der Waals surface area contributed by atoms with Gasteiger partial charge in [0.25, 0.3) is 0 Å². The van der Waals surface area contributed by atoms with Crippen molar-refractivity contribution < 1.29 is 4.74 Å². The summed E-state index contributed by atoms with van der Waals surface area (Å²) in [4.78, 5) is 0. The molecule has 0 bridgehead atoms. The lowest BCUT2D eigenvalue weighted by Gasteiger charge is -2.10. The van der Waals surface area contributed by atoms with Crippen LogP contribution in [0.2, 0.25) is 5.02 Å². The fourth-order valence-corrected chi connectivity index (χ4v) is 1.59. The molecular weight excluding hydrogens is 226 g/mol. The third-order valence-corrected chi connectivity index (χ3v) is 2.42. The first-order valence-electron chi connectivity index (χ1n) is 4.91. The van der Waals surface area contributed by atoms with Gasteiger partial charge in [0, 0.05) is 12.4 Å². The Labute approximate surface area is 98.6 Å². The van der Waals surface area contributed by atoms with Crippen molar-refractivity contribution in [3.05, 3.63) is 41.7 Å². The summed E-state index contributed by atoms with van der Waals surface area (Å²) in [5.74, 6) is 0.538. The Balaban J connectivity index is 1.95. The molecule has 5 heteroatoms. The quantitative estimate of drug-likeness (QED) is 0.830. The van der Waals surface area contributed by atoms with E-state index in [-0.39, 0.29) is 0 Å². The van der Waals surface area contributed by atoms with E-state index in [0.29, 0.717) is 29.6 Å². The number of hydrogen-bond acceptors (Lipinski definition) is 3. The second-order valence-corrected chi connectivity index (χ2v) is 3.68. The number of rotatable bonds is 4. The molecular formula is C11H12ClN3O. The number of hydrogen-bond donors (Lipinski definition) is 1. The molecule has 0 spiro atoms. The Morgan fingerprint density at radius 2 is 2.25 bits per heavy atom. The van der Waals surface area contributed by atoms with E-state index in [2.05, 4.69) is 5.10 Å². The Morgan fingerprint density at radius 3 is 2.94 bits per heavy atom. The minimum absolute atomic E-state index is 0.482. The van der Waals surface area contributed by atoms with Gasteiger partial charge in [0.1, 0.15) is 6.61 Å². The van der Waals surface area contributed by atoms with Gasteiger partial charge in [-0.15, -0.1) is 0 Å². The van der Waals surface area contributed by atoms with Crippen molar-refractivity contribution in [3.8, 4) is 5.75 Å². The second-order valence-electron chi connectivity index (χ2n) is 3.28. The van der Waals surface area contributed by atoms with E-state index >= 15 is 0 Å². The van der Waals surface area contributed by atoms with Crippen molar-refractivity contribution in [2.45, 2.75) is 6.54 Å². The molecule has 0 radical (unpaired) electrons. The Morgan fingerprint density at radius 1 is 1.38 bits per heavy atom. The first kappa shape index (κ1) is 10.8. The molecule has 2 rings (SSSR count). The van der Waals surface area contributed by atoms with Crippen molar-refractivity contribution >= 4 is 17.3 Å². The topological polar surface area (TPSA) is 53.1 Å². The number of nitrogen functional groups attached to an aromatic ring is 1. The van der Waals surface area contributed by atoms with Gasteiger partial charge in [-0.2, -0.15) is 5.10 Å². The molecule has 16 heavy (non-hydrogen) atoms. The van der Waals surface area contributed by atoms with Gasteiger partial charge in [0.2, 0.25) is 0 Å². The first-order chi connectivity index (χ1) is 7.77. The van der Waals surface area contributed by atoms with Crippen molar-refractivity contribution in [2.24, 2.45) is 0 Å². The van der Waals surface area contributed by atoms with E-state index in [0.717, 1.165) is 0 Å². The summed E-state index contributed by atoms with van der Waals surface area (Å²) in [6, 6.07) is 7.16. The van der Waals surface area contributed by atoms with Crippen molar-refractivity contribution in [2.75, 3.05) is 12.3 Å². The number of benzene rings is 1. The lowest BCUT2D eigenvalue weighted by Crippen LogP contribution is -2.09. The van der Waals surface area contributed by atoms with Gasteiger partial charge >= 0.3 is 0 Å². The highest BCUT2D eigenvalue weighted by atomic mass is 35.5. The highest BCUT2D eigenvalue weighted by molar-refractivity contribution is 6.32. The molecule has 0 fully saturated rings. The fraction of sp³-hybridized carbons (Fsp3) is 0.182. The van der Waals surface area contributed by atoms with Gasteiger partial charge in [0.15, 0.2) is 5.75 Å². The maximum absolute atomic E-state index is 5.96. The summed E-state index contributed by atoms with van der Waals surface area (Å²) in [5.41, 5.74) is 6.30. The summed E-state index contributed by atoms with van der Waals surface area (Å²) in [6.45, 7) is 1.15. The molecule has 0 aliphatic heterocycles. The van der Waals surface area contributed by atoms with Crippen molar-refractivity contribution in [1.82, 2.24) is 9.78 Å². The first-order valence-corrected chi connectivity index (χ1v) is 5.29. The summed E-state index contributed by atoms with van der Waals surface area (Å²) in [7, 11) is 0. The predicted octanol–water partition coefficient (Wildman–Crippen LogP) is 2.20. The highest BCUT2D eigenvalue weighted by Gasteiger charge is 2.05. The lowest BCUT2D eigenvalue weighted by molar-refractivity contribution is 0.293. The number of nitrogens with two attached hydrogens (primary N) is 1. The van der Waals surface area contributed by atoms with Gasteiger partial charge in [-0.3, -0.25) is 4.68 Å². The summed E-state index contributed by atoms with van der Waals surface area (Å²) >= 11 is 5.96. The van der Waals surface area contributed by atoms with Crippen LogP contribution in [0, 0.1) is 0 Å². The number of ether oxygens (including phenoxy) is 1. The second kappa shape index (κ2) is 4.90. The van der Waals surface area contributed by atoms with Crippen LogP contribution in [0.5, 0.6) is 5.75 Å². The van der Waals surface area contributed by atoms with Crippen LogP contribution in [-0.4, -0.2) is 16.4 Å². The van der Waals surface area contributed by atoms with Gasteiger partial charge in [-0.05, 0) is 18.2 Å². The largest absolute Gasteiger partial charge is 0.488 e. The summed E-state index contributed by atoms with van der Waals surface area (Å²) in [6.07, 6.45) is 3.60. The molecule has 1 aromatic heterocycles. The molecule has 2 aromatic rings. The van der Waals surface area contributed by atoms with Gasteiger partial charge in [0.05, 0.1) is 17.3 Å². The van der Waals surface area contributed by atoms with Crippen LogP contribution >= 0.6 is 11.6 Å². The SMILES string of the molecule is Nc1cccc(Cl)c1OCCn1cccn1. The molecule has 84 valence electrons. The van der Waals surface area contributed by atoms with Crippen LogP contribution in [0.25, 0.3) is 0 Å². The summed E-state index contributed by atoms with van der Waals surface area (Å²) in [5, 5.41) is 4.59. The van der Waals surface area contributed by atoms with E-state index in [1.807, 2.05) is 12.3 Å². The monoisotopic (exact) mass is 237 g/mol. The Bertz CT molecular complexity index is 436. The van der Waals surface area contributed by atoms with Crippen LogP contribution in [0.1, 0.15) is 0 Å². The molecule has 0 amide bonds. The molecule has 0 aliphatic rings. The minimum atomic E-state index is 0.482. The van der Waals surface area contributed by atoms with Crippen LogP contribution in [-0.2, 0) is 6.54 Å². The van der Waals surface area contributed by atoms with Crippen molar-refractivity contribution in [3.63, 3.8) is 0 Å². The van der Waals surface area contributed by atoms with Gasteiger partial charge in [-0.1, -0.05) is 17.7 Å². The zero-order chi connectivity index (χ0) is 11.4. The van der Waals surface area contributed by atoms with Gasteiger partial charge < -0.3 is 10.5 Å². The molecule has 2 N–H and O–H groups in total. The maximum Gasteiger partial charge on any atom is 0.160 e. The Kier molecular flexibility index (Phi) is 3.31. The third kappa shape index (κ3) is 2.46. The molecule has 0 unspecified atom stereocenters. The van der Waals surface area contributed by atoms with E-state index in [1.165, 1.54) is 0 Å². The smallest absolute Gasteiger partial charge is 0.160 e. The van der Waals surface area contributed by atoms with E-state index < -0.39 is 0 Å². The van der Waals surface area contributed by atoms with Crippen molar-refractivity contribution in [1.29, 1.82) is 0 Å². The van der Waals surface area contributed by atoms with E-state index in [1.54, 1.807) is 29.1 Å². The van der Waals surface area contributed by atoms with Crippen LogP contribution in [0.4, 0.5) is 5.69 Å². The average molecular weight is 238 g/mol. The number of para-hydroxylation sites is 1. The maximum atomic E-state index is 5.96. The Hall–Kier alpha value is -1.68. The zero-order valence-corrected chi connectivity index (χ0v) is 9.39. The van der Waals surface area contributed by atoms with Gasteiger partial charge in [-0.25, -0.2) is 0 Å².